The Balaban J connectivity index is 2.46. The number of halogens is 2. The predicted molar refractivity (Wildman–Crippen MR) is 82.0 cm³/mol. The van der Waals surface area contributed by atoms with Crippen molar-refractivity contribution in [2.24, 2.45) is 5.92 Å². The predicted octanol–water partition coefficient (Wildman–Crippen LogP) is 3.91. The molecule has 0 radical (unpaired) electrons. The van der Waals surface area contributed by atoms with Crippen molar-refractivity contribution in [2.75, 3.05) is 25.5 Å². The number of nitrogens with one attached hydrogen (secondary N) is 1. The van der Waals surface area contributed by atoms with Crippen molar-refractivity contribution >= 4 is 34.8 Å². The number of amides is 1. The Labute approximate surface area is 124 Å². The first-order chi connectivity index (χ1) is 8.88. The summed E-state index contributed by atoms with van der Waals surface area (Å²) in [6.45, 7) is 5.59. The quantitative estimate of drug-likeness (QED) is 0.864. The molecule has 0 aromatic heterocycles. The number of carbonyl (C=O) groups is 1. The third-order valence-electron chi connectivity index (χ3n) is 2.71. The van der Waals surface area contributed by atoms with Gasteiger partial charge in [0.1, 0.15) is 0 Å². The van der Waals surface area contributed by atoms with Crippen molar-refractivity contribution in [3.63, 3.8) is 0 Å². The standard InChI is InChI=1S/C14H20Cl2N2O/c1-10(2)6-7-18(3)9-14(19)17-13-5-4-11(15)8-12(13)16/h4-5,8,10H,6-7,9H2,1-3H3,(H,17,19). The van der Waals surface area contributed by atoms with Gasteiger partial charge in [-0.15, -0.1) is 0 Å². The Morgan fingerprint density at radius 2 is 2.05 bits per heavy atom. The average molecular weight is 303 g/mol. The summed E-state index contributed by atoms with van der Waals surface area (Å²) >= 11 is 11.8. The summed E-state index contributed by atoms with van der Waals surface area (Å²) in [5, 5.41) is 3.79. The minimum absolute atomic E-state index is 0.0736. The van der Waals surface area contributed by atoms with E-state index in [1.54, 1.807) is 18.2 Å². The number of hydrogen-bond donors (Lipinski definition) is 1. The Morgan fingerprint density at radius 3 is 2.63 bits per heavy atom. The molecular formula is C14H20Cl2N2O. The lowest BCUT2D eigenvalue weighted by Gasteiger charge is -2.17. The van der Waals surface area contributed by atoms with Crippen LogP contribution in [0, 0.1) is 5.92 Å². The summed E-state index contributed by atoms with van der Waals surface area (Å²) in [4.78, 5) is 13.9. The number of likely N-dealkylation sites (N-methyl/N-ethyl adjacent to an activating group) is 1. The van der Waals surface area contributed by atoms with E-state index in [1.807, 2.05) is 11.9 Å². The fourth-order valence-electron chi connectivity index (χ4n) is 1.58. The van der Waals surface area contributed by atoms with Crippen LogP contribution in [0.2, 0.25) is 10.0 Å². The molecule has 1 aromatic carbocycles. The van der Waals surface area contributed by atoms with Gasteiger partial charge in [-0.2, -0.15) is 0 Å². The topological polar surface area (TPSA) is 32.3 Å². The van der Waals surface area contributed by atoms with Crippen LogP contribution in [0.4, 0.5) is 5.69 Å². The van der Waals surface area contributed by atoms with E-state index in [9.17, 15) is 4.79 Å². The maximum atomic E-state index is 11.9. The first-order valence-corrected chi connectivity index (χ1v) is 7.07. The monoisotopic (exact) mass is 302 g/mol. The highest BCUT2D eigenvalue weighted by molar-refractivity contribution is 6.36. The number of carbonyl (C=O) groups excluding carboxylic acids is 1. The minimum atomic E-state index is -0.0736. The number of rotatable bonds is 6. The molecule has 0 fully saturated rings. The van der Waals surface area contributed by atoms with Gasteiger partial charge in [-0.05, 0) is 44.1 Å². The van der Waals surface area contributed by atoms with Crippen molar-refractivity contribution < 1.29 is 4.79 Å². The van der Waals surface area contributed by atoms with Crippen molar-refractivity contribution in [3.05, 3.63) is 28.2 Å². The molecule has 0 heterocycles. The van der Waals surface area contributed by atoms with Gasteiger partial charge >= 0.3 is 0 Å². The third kappa shape index (κ3) is 6.28. The number of nitrogens with zero attached hydrogens (tertiary/aromatic N) is 1. The van der Waals surface area contributed by atoms with Gasteiger partial charge in [-0.3, -0.25) is 9.69 Å². The van der Waals surface area contributed by atoms with E-state index < -0.39 is 0 Å². The molecule has 1 aromatic rings. The molecule has 0 saturated heterocycles. The molecule has 5 heteroatoms. The molecule has 1 amide bonds. The minimum Gasteiger partial charge on any atom is -0.324 e. The number of hydrogen-bond acceptors (Lipinski definition) is 2. The average Bonchev–Trinajstić information content (AvgIpc) is 2.30. The molecule has 0 atom stereocenters. The van der Waals surface area contributed by atoms with Gasteiger partial charge in [-0.25, -0.2) is 0 Å². The summed E-state index contributed by atoms with van der Waals surface area (Å²) in [6.07, 6.45) is 1.07. The van der Waals surface area contributed by atoms with Crippen LogP contribution >= 0.6 is 23.2 Å². The zero-order valence-corrected chi connectivity index (χ0v) is 13.1. The molecular weight excluding hydrogens is 283 g/mol. The molecule has 0 spiro atoms. The Bertz CT molecular complexity index is 435. The maximum absolute atomic E-state index is 11.9. The lowest BCUT2D eigenvalue weighted by atomic mass is 10.1. The molecule has 19 heavy (non-hydrogen) atoms. The molecule has 3 nitrogen and oxygen atoms in total. The van der Waals surface area contributed by atoms with Crippen molar-refractivity contribution in [1.29, 1.82) is 0 Å². The van der Waals surface area contributed by atoms with Crippen LogP contribution in [0.15, 0.2) is 18.2 Å². The van der Waals surface area contributed by atoms with Crippen LogP contribution in [-0.2, 0) is 4.79 Å². The van der Waals surface area contributed by atoms with Crippen LogP contribution in [0.25, 0.3) is 0 Å². The van der Waals surface area contributed by atoms with Crippen LogP contribution < -0.4 is 5.32 Å². The zero-order valence-electron chi connectivity index (χ0n) is 11.5. The summed E-state index contributed by atoms with van der Waals surface area (Å²) in [5.74, 6) is 0.562. The van der Waals surface area contributed by atoms with Gasteiger partial charge in [-0.1, -0.05) is 37.0 Å². The van der Waals surface area contributed by atoms with Crippen molar-refractivity contribution in [1.82, 2.24) is 4.90 Å². The van der Waals surface area contributed by atoms with Gasteiger partial charge in [0.05, 0.1) is 17.3 Å². The van der Waals surface area contributed by atoms with Crippen LogP contribution in [0.3, 0.4) is 0 Å². The first kappa shape index (κ1) is 16.3. The van der Waals surface area contributed by atoms with Gasteiger partial charge in [0.25, 0.3) is 0 Å². The lowest BCUT2D eigenvalue weighted by Crippen LogP contribution is -2.31. The smallest absolute Gasteiger partial charge is 0.238 e. The third-order valence-corrected chi connectivity index (χ3v) is 3.25. The highest BCUT2D eigenvalue weighted by atomic mass is 35.5. The van der Waals surface area contributed by atoms with E-state index in [-0.39, 0.29) is 5.91 Å². The second-order valence-corrected chi connectivity index (χ2v) is 5.94. The molecule has 1 N–H and O–H groups in total. The van der Waals surface area contributed by atoms with Gasteiger partial charge in [0.2, 0.25) is 5.91 Å². The highest BCUT2D eigenvalue weighted by Gasteiger charge is 2.09. The normalized spacial score (nSPS) is 11.1. The summed E-state index contributed by atoms with van der Waals surface area (Å²) in [7, 11) is 1.94. The second kappa shape index (κ2) is 7.73. The molecule has 0 aliphatic rings. The van der Waals surface area contributed by atoms with Gasteiger partial charge in [0, 0.05) is 5.02 Å². The Hall–Kier alpha value is -0.770. The van der Waals surface area contributed by atoms with E-state index in [0.717, 1.165) is 13.0 Å². The van der Waals surface area contributed by atoms with E-state index in [0.29, 0.717) is 28.2 Å². The summed E-state index contributed by atoms with van der Waals surface area (Å²) < 4.78 is 0. The number of anilines is 1. The molecule has 0 aliphatic heterocycles. The molecule has 0 saturated carbocycles. The molecule has 0 bridgehead atoms. The molecule has 0 aliphatic carbocycles. The lowest BCUT2D eigenvalue weighted by molar-refractivity contribution is -0.117. The van der Waals surface area contributed by atoms with Gasteiger partial charge in [0.15, 0.2) is 0 Å². The fourth-order valence-corrected chi connectivity index (χ4v) is 2.04. The van der Waals surface area contributed by atoms with E-state index in [2.05, 4.69) is 19.2 Å². The molecule has 1 rings (SSSR count). The molecule has 0 unspecified atom stereocenters. The van der Waals surface area contributed by atoms with Crippen LogP contribution in [-0.4, -0.2) is 30.9 Å². The van der Waals surface area contributed by atoms with Crippen molar-refractivity contribution in [2.45, 2.75) is 20.3 Å². The highest BCUT2D eigenvalue weighted by Crippen LogP contribution is 2.25. The molecule has 106 valence electrons. The van der Waals surface area contributed by atoms with Crippen LogP contribution in [0.5, 0.6) is 0 Å². The van der Waals surface area contributed by atoms with E-state index >= 15 is 0 Å². The zero-order chi connectivity index (χ0) is 14.4. The maximum Gasteiger partial charge on any atom is 0.238 e. The Morgan fingerprint density at radius 1 is 1.37 bits per heavy atom. The second-order valence-electron chi connectivity index (χ2n) is 5.09. The Kier molecular flexibility index (Phi) is 6.63. The number of benzene rings is 1. The SMILES string of the molecule is CC(C)CCN(C)CC(=O)Nc1ccc(Cl)cc1Cl. The van der Waals surface area contributed by atoms with E-state index in [4.69, 9.17) is 23.2 Å². The van der Waals surface area contributed by atoms with Gasteiger partial charge < -0.3 is 5.32 Å². The fraction of sp³-hybridized carbons (Fsp3) is 0.500. The first-order valence-electron chi connectivity index (χ1n) is 6.32. The summed E-state index contributed by atoms with van der Waals surface area (Å²) in [5.41, 5.74) is 0.591. The summed E-state index contributed by atoms with van der Waals surface area (Å²) in [6, 6.07) is 5.02. The van der Waals surface area contributed by atoms with E-state index in [1.165, 1.54) is 0 Å². The van der Waals surface area contributed by atoms with Crippen LogP contribution in [0.1, 0.15) is 20.3 Å². The van der Waals surface area contributed by atoms with Crippen molar-refractivity contribution in [3.8, 4) is 0 Å². The largest absolute Gasteiger partial charge is 0.324 e.